The molecule has 2 aromatic heterocycles. The number of aromatic nitrogens is 2. The fraction of sp³-hybridized carbons (Fsp3) is 0.250. The van der Waals surface area contributed by atoms with Gasteiger partial charge in [-0.2, -0.15) is 0 Å². The molecule has 46 heavy (non-hydrogen) atoms. The summed E-state index contributed by atoms with van der Waals surface area (Å²) in [4.78, 5) is 22.1. The highest BCUT2D eigenvalue weighted by Crippen LogP contribution is 2.43. The van der Waals surface area contributed by atoms with Crippen molar-refractivity contribution in [2.45, 2.75) is 32.6 Å². The molecule has 5 aromatic rings. The maximum Gasteiger partial charge on any atom is 0.323 e. The van der Waals surface area contributed by atoms with E-state index in [2.05, 4.69) is 41.4 Å². The van der Waals surface area contributed by atoms with Crippen molar-refractivity contribution in [1.82, 2.24) is 9.97 Å². The summed E-state index contributed by atoms with van der Waals surface area (Å²) in [6, 6.07) is 20.3. The maximum absolute atomic E-state index is 13.4. The molecule has 2 amide bonds. The molecule has 0 aliphatic heterocycles. The van der Waals surface area contributed by atoms with Gasteiger partial charge in [0.15, 0.2) is 5.75 Å². The van der Waals surface area contributed by atoms with Crippen molar-refractivity contribution < 1.29 is 23.6 Å². The second kappa shape index (κ2) is 13.2. The largest absolute Gasteiger partial charge is 0.495 e. The molecule has 10 heteroatoms. The summed E-state index contributed by atoms with van der Waals surface area (Å²) in [7, 11) is 0.409. The predicted molar refractivity (Wildman–Crippen MR) is 185 cm³/mol. The number of methoxy groups -OCH3 is 2. The Morgan fingerprint density at radius 1 is 0.848 bits per heavy atom. The van der Waals surface area contributed by atoms with Crippen molar-refractivity contribution in [3.63, 3.8) is 0 Å². The van der Waals surface area contributed by atoms with Crippen molar-refractivity contribution in [2.75, 3.05) is 38.2 Å². The average Bonchev–Trinajstić information content (AvgIpc) is 3.01. The number of hydrogen-bond acceptors (Lipinski definition) is 7. The molecule has 9 nitrogen and oxygen atoms in total. The Morgan fingerprint density at radius 3 is 2.28 bits per heavy atom. The topological polar surface area (TPSA) is 112 Å². The van der Waals surface area contributed by atoms with Gasteiger partial charge in [0.05, 0.1) is 37.1 Å². The van der Waals surface area contributed by atoms with E-state index in [1.165, 1.54) is 7.11 Å². The normalized spacial score (nSPS) is 11.6. The van der Waals surface area contributed by atoms with Crippen LogP contribution in [0.25, 0.3) is 10.8 Å². The van der Waals surface area contributed by atoms with E-state index in [-0.39, 0.29) is 5.41 Å². The number of anilines is 2. The minimum atomic E-state index is -2.72. The first-order valence-electron chi connectivity index (χ1n) is 14.8. The summed E-state index contributed by atoms with van der Waals surface area (Å²) in [5.74, 6) is 2.35. The highest BCUT2D eigenvalue weighted by atomic mass is 31.2. The molecule has 0 unspecified atom stereocenters. The second-order valence-electron chi connectivity index (χ2n) is 12.4. The number of amides is 2. The van der Waals surface area contributed by atoms with Gasteiger partial charge < -0.3 is 29.4 Å². The molecule has 238 valence electrons. The molecular weight excluding hydrogens is 599 g/mol. The summed E-state index contributed by atoms with van der Waals surface area (Å²) in [6.07, 6.45) is 5.73. The van der Waals surface area contributed by atoms with Gasteiger partial charge >= 0.3 is 6.03 Å². The highest BCUT2D eigenvalue weighted by Gasteiger charge is 2.26. The summed E-state index contributed by atoms with van der Waals surface area (Å²) in [5.41, 5.74) is 3.55. The van der Waals surface area contributed by atoms with E-state index in [1.807, 2.05) is 60.7 Å². The average molecular weight is 639 g/mol. The summed E-state index contributed by atoms with van der Waals surface area (Å²) < 4.78 is 30.5. The molecule has 0 saturated heterocycles. The van der Waals surface area contributed by atoms with E-state index in [4.69, 9.17) is 14.2 Å². The van der Waals surface area contributed by atoms with Crippen LogP contribution in [0.2, 0.25) is 0 Å². The Morgan fingerprint density at radius 2 is 1.59 bits per heavy atom. The van der Waals surface area contributed by atoms with Crippen LogP contribution in [-0.2, 0) is 16.4 Å². The van der Waals surface area contributed by atoms with E-state index >= 15 is 0 Å². The number of ether oxygens (including phenoxy) is 3. The fourth-order valence-corrected chi connectivity index (χ4v) is 6.27. The van der Waals surface area contributed by atoms with Crippen molar-refractivity contribution in [3.8, 4) is 23.0 Å². The van der Waals surface area contributed by atoms with Crippen LogP contribution in [0.4, 0.5) is 16.2 Å². The van der Waals surface area contributed by atoms with Crippen molar-refractivity contribution in [1.29, 1.82) is 0 Å². The monoisotopic (exact) mass is 638 g/mol. The molecular formula is C36H39N4O5P. The van der Waals surface area contributed by atoms with Gasteiger partial charge in [-0.15, -0.1) is 0 Å². The lowest BCUT2D eigenvalue weighted by Crippen LogP contribution is -2.23. The lowest BCUT2D eigenvalue weighted by atomic mass is 9.86. The molecule has 2 heterocycles. The molecule has 0 bridgehead atoms. The van der Waals surface area contributed by atoms with Crippen molar-refractivity contribution in [2.24, 2.45) is 0 Å². The predicted octanol–water partition coefficient (Wildman–Crippen LogP) is 8.22. The van der Waals surface area contributed by atoms with E-state index in [0.29, 0.717) is 46.1 Å². The minimum Gasteiger partial charge on any atom is -0.495 e. The van der Waals surface area contributed by atoms with Gasteiger partial charge in [0.1, 0.15) is 24.4 Å². The zero-order valence-corrected chi connectivity index (χ0v) is 28.1. The first-order chi connectivity index (χ1) is 21.9. The number of benzene rings is 3. The number of pyridine rings is 2. The van der Waals surface area contributed by atoms with Crippen LogP contribution in [0.1, 0.15) is 37.6 Å². The number of fused-ring (bicyclic) bond motifs is 1. The summed E-state index contributed by atoms with van der Waals surface area (Å²) in [5, 5.41) is 8.13. The maximum atomic E-state index is 13.4. The number of hydrogen-bond donors (Lipinski definition) is 2. The van der Waals surface area contributed by atoms with E-state index in [1.54, 1.807) is 45.1 Å². The number of nitrogens with zero attached hydrogens (tertiary/aromatic N) is 2. The number of rotatable bonds is 9. The third-order valence-electron chi connectivity index (χ3n) is 7.51. The van der Waals surface area contributed by atoms with Gasteiger partial charge in [-0.1, -0.05) is 45.0 Å². The zero-order chi connectivity index (χ0) is 33.1. The molecule has 0 aliphatic rings. The molecule has 0 aliphatic carbocycles. The van der Waals surface area contributed by atoms with Gasteiger partial charge in [-0.05, 0) is 66.3 Å². The zero-order valence-electron chi connectivity index (χ0n) is 27.2. The quantitative estimate of drug-likeness (QED) is 0.157. The number of carbonyl (C=O) groups excluding carboxylic acids is 1. The van der Waals surface area contributed by atoms with Crippen LogP contribution >= 0.6 is 7.14 Å². The first-order valence-corrected chi connectivity index (χ1v) is 17.4. The third kappa shape index (κ3) is 7.49. The SMILES string of the molecule is COc1cncc(Cc2cc(Oc3ccc(NC(=O)Nc4cc(C(C)(C)C)cc(P(C)(C)=O)c4OC)c4ccccc34)ccn2)c1. The fourth-order valence-electron chi connectivity index (χ4n) is 5.12. The lowest BCUT2D eigenvalue weighted by Gasteiger charge is -2.25. The molecule has 0 atom stereocenters. The summed E-state index contributed by atoms with van der Waals surface area (Å²) >= 11 is 0. The Bertz CT molecular complexity index is 1950. The Hall–Kier alpha value is -4.88. The smallest absolute Gasteiger partial charge is 0.323 e. The van der Waals surface area contributed by atoms with Gasteiger partial charge in [-0.3, -0.25) is 9.97 Å². The van der Waals surface area contributed by atoms with E-state index in [9.17, 15) is 9.36 Å². The summed E-state index contributed by atoms with van der Waals surface area (Å²) in [6.45, 7) is 9.60. The highest BCUT2D eigenvalue weighted by molar-refractivity contribution is 7.70. The van der Waals surface area contributed by atoms with Crippen LogP contribution in [0, 0.1) is 0 Å². The molecule has 3 aromatic carbocycles. The minimum absolute atomic E-state index is 0.239. The third-order valence-corrected chi connectivity index (χ3v) is 9.00. The molecule has 0 saturated carbocycles. The molecule has 2 N–H and O–H groups in total. The Kier molecular flexibility index (Phi) is 9.35. The lowest BCUT2D eigenvalue weighted by molar-refractivity contribution is 0.262. The van der Waals surface area contributed by atoms with Crippen molar-refractivity contribution >= 4 is 40.6 Å². The van der Waals surface area contributed by atoms with Crippen LogP contribution in [0.3, 0.4) is 0 Å². The van der Waals surface area contributed by atoms with Gasteiger partial charge in [0.25, 0.3) is 0 Å². The molecule has 0 fully saturated rings. The number of urea groups is 1. The standard InChI is InChI=1S/C36H39N4O5P/c1-36(2,3)24-18-31(34(44-5)33(19-24)46(6,7)42)40-35(41)39-30-12-13-32(29-11-9-8-10-28(29)30)45-26-14-15-38-25(20-26)16-23-17-27(43-4)22-37-21-23/h8-15,17-22H,16H2,1-7H3,(H2,39,40,41). The van der Waals surface area contributed by atoms with Crippen LogP contribution in [0.15, 0.2) is 85.3 Å². The van der Waals surface area contributed by atoms with Crippen LogP contribution in [-0.4, -0.2) is 43.5 Å². The Balaban J connectivity index is 1.40. The number of carbonyl (C=O) groups is 1. The first kappa shape index (κ1) is 32.5. The van der Waals surface area contributed by atoms with Gasteiger partial charge in [-0.25, -0.2) is 4.79 Å². The number of nitrogens with one attached hydrogen (secondary N) is 2. The van der Waals surface area contributed by atoms with Crippen LogP contribution < -0.4 is 30.1 Å². The van der Waals surface area contributed by atoms with Crippen LogP contribution in [0.5, 0.6) is 23.0 Å². The van der Waals surface area contributed by atoms with E-state index in [0.717, 1.165) is 27.6 Å². The molecule has 5 rings (SSSR count). The molecule has 0 radical (unpaired) electrons. The molecule has 0 spiro atoms. The van der Waals surface area contributed by atoms with Gasteiger partial charge in [0.2, 0.25) is 0 Å². The van der Waals surface area contributed by atoms with Crippen molar-refractivity contribution in [3.05, 3.63) is 102 Å². The van der Waals surface area contributed by atoms with Gasteiger partial charge in [0, 0.05) is 41.3 Å². The van der Waals surface area contributed by atoms with E-state index < -0.39 is 13.2 Å². The Labute approximate surface area is 269 Å². The second-order valence-corrected chi connectivity index (χ2v) is 15.6.